The maximum atomic E-state index is 11.6. The summed E-state index contributed by atoms with van der Waals surface area (Å²) in [5.74, 6) is 0.656. The lowest BCUT2D eigenvalue weighted by Gasteiger charge is -2.22. The van der Waals surface area contributed by atoms with E-state index in [9.17, 15) is 9.90 Å². The Morgan fingerprint density at radius 2 is 2.24 bits per heavy atom. The van der Waals surface area contributed by atoms with Crippen LogP contribution in [0.1, 0.15) is 36.5 Å². The molecule has 0 radical (unpaired) electrons. The summed E-state index contributed by atoms with van der Waals surface area (Å²) in [6.07, 6.45) is 3.67. The molecule has 1 saturated carbocycles. The molecule has 1 aromatic carbocycles. The highest BCUT2D eigenvalue weighted by Gasteiger charge is 2.40. The summed E-state index contributed by atoms with van der Waals surface area (Å²) in [6, 6.07) is 5.91. The smallest absolute Gasteiger partial charge is 0.338 e. The van der Waals surface area contributed by atoms with Crippen LogP contribution < -0.4 is 5.32 Å². The van der Waals surface area contributed by atoms with Crippen LogP contribution in [0.25, 0.3) is 0 Å². The molecule has 114 valence electrons. The van der Waals surface area contributed by atoms with Crippen molar-refractivity contribution in [3.05, 3.63) is 23.8 Å². The van der Waals surface area contributed by atoms with Gasteiger partial charge in [0.2, 0.25) is 0 Å². The molecule has 2 N–H and O–H groups in total. The first kappa shape index (κ1) is 14.7. The minimum absolute atomic E-state index is 0.234. The van der Waals surface area contributed by atoms with Gasteiger partial charge in [0.25, 0.3) is 0 Å². The maximum Gasteiger partial charge on any atom is 0.338 e. The zero-order chi connectivity index (χ0) is 14.8. The monoisotopic (exact) mass is 307 g/mol. The summed E-state index contributed by atoms with van der Waals surface area (Å²) in [5, 5.41) is 13.0. The Morgan fingerprint density at radius 1 is 1.43 bits per heavy atom. The van der Waals surface area contributed by atoms with Crippen molar-refractivity contribution in [3.8, 4) is 0 Å². The number of aromatic carboxylic acids is 1. The lowest BCUT2D eigenvalue weighted by Crippen LogP contribution is -2.31. The number of carbonyl (C=O) groups is 1. The third-order valence-electron chi connectivity index (χ3n) is 4.10. The Hall–Kier alpha value is -1.20. The van der Waals surface area contributed by atoms with Crippen LogP contribution in [0, 0.1) is 5.92 Å². The number of ether oxygens (including phenoxy) is 1. The highest BCUT2D eigenvalue weighted by Crippen LogP contribution is 2.40. The second kappa shape index (κ2) is 6.28. The summed E-state index contributed by atoms with van der Waals surface area (Å²) in [6.45, 7) is 2.80. The zero-order valence-corrected chi connectivity index (χ0v) is 13.0. The molecule has 0 amide bonds. The van der Waals surface area contributed by atoms with Crippen LogP contribution in [-0.2, 0) is 4.74 Å². The number of hydrogen-bond donors (Lipinski definition) is 2. The van der Waals surface area contributed by atoms with Gasteiger partial charge in [0.15, 0.2) is 0 Å². The van der Waals surface area contributed by atoms with Crippen LogP contribution in [0.2, 0.25) is 0 Å². The van der Waals surface area contributed by atoms with E-state index in [0.29, 0.717) is 11.5 Å². The van der Waals surface area contributed by atoms with E-state index in [1.807, 2.05) is 25.1 Å². The lowest BCUT2D eigenvalue weighted by molar-refractivity contribution is 0.0693. The summed E-state index contributed by atoms with van der Waals surface area (Å²) in [7, 11) is 0. The number of carboxylic acid groups (broad SMARTS) is 1. The first-order valence-corrected chi connectivity index (χ1v) is 8.56. The van der Waals surface area contributed by atoms with Crippen LogP contribution >= 0.6 is 11.8 Å². The fraction of sp³-hybridized carbons (Fsp3) is 0.562. The number of hydrogen-bond acceptors (Lipinski definition) is 4. The van der Waals surface area contributed by atoms with Gasteiger partial charge in [-0.1, -0.05) is 13.0 Å². The molecule has 3 rings (SSSR count). The van der Waals surface area contributed by atoms with E-state index in [1.54, 1.807) is 11.8 Å². The molecule has 0 aromatic heterocycles. The minimum atomic E-state index is -0.865. The summed E-state index contributed by atoms with van der Waals surface area (Å²) >= 11 is 1.57. The van der Waals surface area contributed by atoms with Gasteiger partial charge in [0.05, 0.1) is 23.4 Å². The molecule has 5 heteroatoms. The van der Waals surface area contributed by atoms with Gasteiger partial charge in [0.1, 0.15) is 0 Å². The molecule has 1 heterocycles. The zero-order valence-electron chi connectivity index (χ0n) is 12.2. The van der Waals surface area contributed by atoms with Gasteiger partial charge in [-0.25, -0.2) is 4.79 Å². The number of rotatable bonds is 6. The van der Waals surface area contributed by atoms with Crippen molar-refractivity contribution >= 4 is 23.4 Å². The Labute approximate surface area is 129 Å². The van der Waals surface area contributed by atoms with Crippen LogP contribution in [-0.4, -0.2) is 35.6 Å². The predicted molar refractivity (Wildman–Crippen MR) is 84.3 cm³/mol. The van der Waals surface area contributed by atoms with Gasteiger partial charge in [0, 0.05) is 11.5 Å². The van der Waals surface area contributed by atoms with E-state index in [0.717, 1.165) is 29.4 Å². The molecule has 2 aliphatic rings. The quantitative estimate of drug-likeness (QED) is 0.788. The van der Waals surface area contributed by atoms with E-state index in [-0.39, 0.29) is 12.1 Å². The highest BCUT2D eigenvalue weighted by molar-refractivity contribution is 7.99. The fourth-order valence-corrected chi connectivity index (χ4v) is 3.83. The highest BCUT2D eigenvalue weighted by atomic mass is 32.2. The third kappa shape index (κ3) is 3.19. The minimum Gasteiger partial charge on any atom is -0.478 e. The van der Waals surface area contributed by atoms with E-state index in [4.69, 9.17) is 4.74 Å². The largest absolute Gasteiger partial charge is 0.478 e. The first-order chi connectivity index (χ1) is 10.2. The average Bonchev–Trinajstić information content (AvgIpc) is 3.20. The van der Waals surface area contributed by atoms with E-state index < -0.39 is 5.97 Å². The fourth-order valence-electron chi connectivity index (χ4n) is 3.00. The number of benzene rings is 1. The predicted octanol–water partition coefficient (Wildman–Crippen LogP) is 3.48. The van der Waals surface area contributed by atoms with Crippen LogP contribution in [0.3, 0.4) is 0 Å². The number of thioether (sulfide) groups is 1. The van der Waals surface area contributed by atoms with Crippen molar-refractivity contribution in [2.24, 2.45) is 5.92 Å². The van der Waals surface area contributed by atoms with Gasteiger partial charge >= 0.3 is 5.97 Å². The molecular formula is C16H21NO3S. The van der Waals surface area contributed by atoms with Crippen molar-refractivity contribution < 1.29 is 14.6 Å². The molecule has 1 aliphatic carbocycles. The summed E-state index contributed by atoms with van der Waals surface area (Å²) in [4.78, 5) is 12.5. The topological polar surface area (TPSA) is 58.6 Å². The van der Waals surface area contributed by atoms with Gasteiger partial charge in [-0.3, -0.25) is 0 Å². The number of carboxylic acids is 1. The van der Waals surface area contributed by atoms with Gasteiger partial charge in [-0.05, 0) is 43.1 Å². The van der Waals surface area contributed by atoms with E-state index in [2.05, 4.69) is 5.32 Å². The Bertz CT molecular complexity index is 530. The Balaban J connectivity index is 1.83. The van der Waals surface area contributed by atoms with Crippen LogP contribution in [0.15, 0.2) is 23.1 Å². The van der Waals surface area contributed by atoms with Gasteiger partial charge < -0.3 is 15.2 Å². The van der Waals surface area contributed by atoms with Gasteiger partial charge in [-0.2, -0.15) is 0 Å². The molecule has 21 heavy (non-hydrogen) atoms. The molecule has 2 fully saturated rings. The van der Waals surface area contributed by atoms with Crippen molar-refractivity contribution in [2.45, 2.75) is 43.2 Å². The van der Waals surface area contributed by atoms with Crippen LogP contribution in [0.5, 0.6) is 0 Å². The van der Waals surface area contributed by atoms with Crippen molar-refractivity contribution in [1.29, 1.82) is 0 Å². The molecule has 1 aliphatic heterocycles. The molecular weight excluding hydrogens is 286 g/mol. The molecule has 1 aromatic rings. The number of anilines is 1. The molecule has 2 atom stereocenters. The first-order valence-electron chi connectivity index (χ1n) is 7.58. The molecule has 1 saturated heterocycles. The molecule has 4 nitrogen and oxygen atoms in total. The second-order valence-electron chi connectivity index (χ2n) is 5.63. The van der Waals surface area contributed by atoms with E-state index in [1.165, 1.54) is 12.8 Å². The summed E-state index contributed by atoms with van der Waals surface area (Å²) < 4.78 is 5.82. The van der Waals surface area contributed by atoms with Crippen molar-refractivity contribution in [1.82, 2.24) is 0 Å². The molecule has 0 bridgehead atoms. The normalized spacial score (nSPS) is 25.0. The van der Waals surface area contributed by atoms with Gasteiger partial charge in [-0.15, -0.1) is 11.8 Å². The summed E-state index contributed by atoms with van der Waals surface area (Å²) in [5.41, 5.74) is 1.12. The molecule has 2 unspecified atom stereocenters. The van der Waals surface area contributed by atoms with Crippen molar-refractivity contribution in [3.63, 3.8) is 0 Å². The van der Waals surface area contributed by atoms with E-state index >= 15 is 0 Å². The molecule has 0 spiro atoms. The standard InChI is InChI=1S/C16H21NO3S/c1-2-21-13-5-3-4-11(14(13)16(18)19)17-12-8-9-20-15(12)10-6-7-10/h3-5,10,12,15,17H,2,6-9H2,1H3,(H,18,19). The average molecular weight is 307 g/mol. The Morgan fingerprint density at radius 3 is 2.90 bits per heavy atom. The SMILES string of the molecule is CCSc1cccc(NC2CCOC2C2CC2)c1C(=O)O. The second-order valence-corrected chi connectivity index (χ2v) is 6.94. The Kier molecular flexibility index (Phi) is 4.40. The maximum absolute atomic E-state index is 11.6. The van der Waals surface area contributed by atoms with Crippen molar-refractivity contribution in [2.75, 3.05) is 17.7 Å². The lowest BCUT2D eigenvalue weighted by atomic mass is 10.0. The number of nitrogens with one attached hydrogen (secondary N) is 1. The van der Waals surface area contributed by atoms with Crippen LogP contribution in [0.4, 0.5) is 5.69 Å². The third-order valence-corrected chi connectivity index (χ3v) is 5.04.